The Labute approximate surface area is 211 Å². The van der Waals surface area contributed by atoms with Crippen LogP contribution in [0, 0.1) is 0 Å². The summed E-state index contributed by atoms with van der Waals surface area (Å²) < 4.78 is 17.1. The van der Waals surface area contributed by atoms with Gasteiger partial charge in [-0.1, -0.05) is 72.8 Å². The molecule has 1 unspecified atom stereocenters. The second-order valence-electron chi connectivity index (χ2n) is 8.86. The molecule has 5 rings (SSSR count). The highest BCUT2D eigenvalue weighted by atomic mass is 16.6. The van der Waals surface area contributed by atoms with Crippen LogP contribution < -0.4 is 10.1 Å². The van der Waals surface area contributed by atoms with Crippen molar-refractivity contribution in [2.75, 3.05) is 19.8 Å². The van der Waals surface area contributed by atoms with Crippen molar-refractivity contribution in [3.05, 3.63) is 96.4 Å². The Morgan fingerprint density at radius 2 is 1.75 bits per heavy atom. The molecule has 0 aliphatic carbocycles. The first kappa shape index (κ1) is 23.8. The maximum Gasteiger partial charge on any atom is 0.344 e. The number of oxazole rings is 1. The summed E-state index contributed by atoms with van der Waals surface area (Å²) in [7, 11) is 0. The molecule has 1 N–H and O–H groups in total. The van der Waals surface area contributed by atoms with E-state index in [4.69, 9.17) is 18.9 Å². The third kappa shape index (κ3) is 5.50. The molecule has 0 spiro atoms. The van der Waals surface area contributed by atoms with Gasteiger partial charge in [0.2, 0.25) is 0 Å². The molecule has 3 aromatic carbocycles. The van der Waals surface area contributed by atoms with Crippen LogP contribution >= 0.6 is 0 Å². The standard InChI is InChI=1S/C30H30N2O4/c1-2-34-27(33)20-35-24-15-9-10-21(18-24)19-26-25(16-17-31-26)30-32-28(22-11-5-3-6-12-22)29(36-30)23-13-7-4-8-14-23/h3-15,18,25-26,31H,2,16-17,19-20H2,1H3/t25-,26?/m1/s1. The predicted octanol–water partition coefficient (Wildman–Crippen LogP) is 5.64. The summed E-state index contributed by atoms with van der Waals surface area (Å²) >= 11 is 0. The number of hydrogen-bond acceptors (Lipinski definition) is 6. The highest BCUT2D eigenvalue weighted by Crippen LogP contribution is 2.38. The summed E-state index contributed by atoms with van der Waals surface area (Å²) in [6.07, 6.45) is 1.75. The van der Waals surface area contributed by atoms with Crippen molar-refractivity contribution in [1.29, 1.82) is 0 Å². The number of aromatic nitrogens is 1. The zero-order chi connectivity index (χ0) is 24.7. The van der Waals surface area contributed by atoms with Crippen molar-refractivity contribution in [1.82, 2.24) is 10.3 Å². The minimum atomic E-state index is -0.368. The topological polar surface area (TPSA) is 73.6 Å². The van der Waals surface area contributed by atoms with Crippen LogP contribution in [-0.2, 0) is 16.0 Å². The Morgan fingerprint density at radius 1 is 1.00 bits per heavy atom. The van der Waals surface area contributed by atoms with Crippen LogP contribution in [-0.4, -0.2) is 36.8 Å². The zero-order valence-electron chi connectivity index (χ0n) is 20.4. The fourth-order valence-corrected chi connectivity index (χ4v) is 4.71. The summed E-state index contributed by atoms with van der Waals surface area (Å²) in [5.74, 6) is 2.00. The normalized spacial score (nSPS) is 17.1. The van der Waals surface area contributed by atoms with Gasteiger partial charge in [-0.05, 0) is 44.0 Å². The average molecular weight is 483 g/mol. The number of rotatable bonds is 9. The molecule has 1 aliphatic rings. The molecular weight excluding hydrogens is 452 g/mol. The smallest absolute Gasteiger partial charge is 0.344 e. The molecule has 36 heavy (non-hydrogen) atoms. The molecule has 1 fully saturated rings. The molecule has 1 saturated heterocycles. The van der Waals surface area contributed by atoms with Gasteiger partial charge < -0.3 is 19.2 Å². The maximum absolute atomic E-state index is 11.6. The Hall–Kier alpha value is -3.90. The molecule has 184 valence electrons. The molecule has 0 bridgehead atoms. The van der Waals surface area contributed by atoms with E-state index in [1.165, 1.54) is 0 Å². The van der Waals surface area contributed by atoms with Crippen molar-refractivity contribution in [2.24, 2.45) is 0 Å². The summed E-state index contributed by atoms with van der Waals surface area (Å²) in [6.45, 7) is 2.93. The summed E-state index contributed by atoms with van der Waals surface area (Å²) in [5, 5.41) is 3.63. The van der Waals surface area contributed by atoms with E-state index in [1.54, 1.807) is 6.92 Å². The minimum Gasteiger partial charge on any atom is -0.482 e. The molecule has 0 radical (unpaired) electrons. The average Bonchev–Trinajstić information content (AvgIpc) is 3.56. The molecule has 0 amide bonds. The van der Waals surface area contributed by atoms with Crippen molar-refractivity contribution in [2.45, 2.75) is 31.7 Å². The van der Waals surface area contributed by atoms with Crippen LogP contribution in [0.3, 0.4) is 0 Å². The van der Waals surface area contributed by atoms with Gasteiger partial charge in [0.1, 0.15) is 11.4 Å². The molecule has 2 atom stereocenters. The maximum atomic E-state index is 11.6. The number of hydrogen-bond donors (Lipinski definition) is 1. The number of nitrogens with one attached hydrogen (secondary N) is 1. The van der Waals surface area contributed by atoms with E-state index in [0.29, 0.717) is 12.4 Å². The lowest BCUT2D eigenvalue weighted by molar-refractivity contribution is -0.145. The van der Waals surface area contributed by atoms with E-state index >= 15 is 0 Å². The third-order valence-electron chi connectivity index (χ3n) is 6.41. The molecule has 2 heterocycles. The molecular formula is C30H30N2O4. The first-order chi connectivity index (χ1) is 17.7. The fraction of sp³-hybridized carbons (Fsp3) is 0.267. The number of carbonyl (C=O) groups excluding carboxylic acids is 1. The molecule has 1 aromatic heterocycles. The van der Waals surface area contributed by atoms with Crippen molar-refractivity contribution < 1.29 is 18.7 Å². The van der Waals surface area contributed by atoms with E-state index in [2.05, 4.69) is 35.6 Å². The van der Waals surface area contributed by atoms with Crippen LogP contribution in [0.2, 0.25) is 0 Å². The quantitative estimate of drug-likeness (QED) is 0.311. The van der Waals surface area contributed by atoms with E-state index in [9.17, 15) is 4.79 Å². The fourth-order valence-electron chi connectivity index (χ4n) is 4.71. The summed E-state index contributed by atoms with van der Waals surface area (Å²) in [4.78, 5) is 16.7. The van der Waals surface area contributed by atoms with Gasteiger partial charge in [0, 0.05) is 17.2 Å². The van der Waals surface area contributed by atoms with Crippen LogP contribution in [0.25, 0.3) is 22.6 Å². The summed E-state index contributed by atoms with van der Waals surface area (Å²) in [5.41, 5.74) is 4.06. The van der Waals surface area contributed by atoms with Crippen LogP contribution in [0.4, 0.5) is 0 Å². The summed E-state index contributed by atoms with van der Waals surface area (Å²) in [6, 6.07) is 28.4. The van der Waals surface area contributed by atoms with Gasteiger partial charge in [0.25, 0.3) is 0 Å². The minimum absolute atomic E-state index is 0.0948. The third-order valence-corrected chi connectivity index (χ3v) is 6.41. The lowest BCUT2D eigenvalue weighted by Gasteiger charge is -2.17. The second-order valence-corrected chi connectivity index (χ2v) is 8.86. The molecule has 6 heteroatoms. The predicted molar refractivity (Wildman–Crippen MR) is 139 cm³/mol. The van der Waals surface area contributed by atoms with Gasteiger partial charge in [-0.3, -0.25) is 0 Å². The Bertz CT molecular complexity index is 1230. The largest absolute Gasteiger partial charge is 0.482 e. The van der Waals surface area contributed by atoms with Crippen LogP contribution in [0.5, 0.6) is 5.75 Å². The lowest BCUT2D eigenvalue weighted by atomic mass is 9.94. The molecule has 0 saturated carbocycles. The number of ether oxygens (including phenoxy) is 2. The van der Waals surface area contributed by atoms with Crippen molar-refractivity contribution >= 4 is 5.97 Å². The molecule has 4 aromatic rings. The number of carbonyl (C=O) groups is 1. The van der Waals surface area contributed by atoms with Crippen LogP contribution in [0.15, 0.2) is 89.3 Å². The van der Waals surface area contributed by atoms with E-state index < -0.39 is 0 Å². The number of esters is 1. The van der Waals surface area contributed by atoms with Gasteiger partial charge in [0.05, 0.1) is 12.5 Å². The van der Waals surface area contributed by atoms with Gasteiger partial charge in [-0.25, -0.2) is 9.78 Å². The monoisotopic (exact) mass is 482 g/mol. The first-order valence-electron chi connectivity index (χ1n) is 12.4. The van der Waals surface area contributed by atoms with Gasteiger partial charge in [0.15, 0.2) is 18.3 Å². The molecule has 1 aliphatic heterocycles. The van der Waals surface area contributed by atoms with Gasteiger partial charge in [-0.15, -0.1) is 0 Å². The Balaban J connectivity index is 1.37. The first-order valence-corrected chi connectivity index (χ1v) is 12.4. The highest BCUT2D eigenvalue weighted by molar-refractivity contribution is 5.76. The Kier molecular flexibility index (Phi) is 7.43. The van der Waals surface area contributed by atoms with E-state index in [1.807, 2.05) is 54.6 Å². The van der Waals surface area contributed by atoms with E-state index in [-0.39, 0.29) is 24.5 Å². The van der Waals surface area contributed by atoms with Gasteiger partial charge in [-0.2, -0.15) is 0 Å². The van der Waals surface area contributed by atoms with Crippen molar-refractivity contribution in [3.63, 3.8) is 0 Å². The van der Waals surface area contributed by atoms with Gasteiger partial charge >= 0.3 is 5.97 Å². The number of nitrogens with zero attached hydrogens (tertiary/aromatic N) is 1. The highest BCUT2D eigenvalue weighted by Gasteiger charge is 2.33. The van der Waals surface area contributed by atoms with Crippen LogP contribution in [0.1, 0.15) is 30.7 Å². The second kappa shape index (κ2) is 11.2. The Morgan fingerprint density at radius 3 is 2.50 bits per heavy atom. The lowest BCUT2D eigenvalue weighted by Crippen LogP contribution is -2.28. The van der Waals surface area contributed by atoms with E-state index in [0.717, 1.165) is 53.4 Å². The van der Waals surface area contributed by atoms with Crippen molar-refractivity contribution in [3.8, 4) is 28.3 Å². The SMILES string of the molecule is CCOC(=O)COc1cccc(CC2NCC[C@H]2c2nc(-c3ccccc3)c(-c3ccccc3)o2)c1. The zero-order valence-corrected chi connectivity index (χ0v) is 20.4. The number of benzene rings is 3. The molecule has 6 nitrogen and oxygen atoms in total.